The lowest BCUT2D eigenvalue weighted by Gasteiger charge is -2.08. The van der Waals surface area contributed by atoms with Crippen molar-refractivity contribution >= 4 is 51.2 Å². The van der Waals surface area contributed by atoms with Crippen molar-refractivity contribution < 1.29 is 18.7 Å². The molecule has 0 unspecified atom stereocenters. The fraction of sp³-hybridized carbons (Fsp3) is 0.111. The van der Waals surface area contributed by atoms with Crippen molar-refractivity contribution in [3.63, 3.8) is 0 Å². The molecular formula is C18H14BrClFNO3. The zero-order valence-electron chi connectivity index (χ0n) is 13.2. The number of benzene rings is 2. The molecular weight excluding hydrogens is 413 g/mol. The number of halogens is 3. The Hall–Kier alpha value is -2.18. The molecule has 0 heterocycles. The Kier molecular flexibility index (Phi) is 6.73. The van der Waals surface area contributed by atoms with Crippen LogP contribution in [0.1, 0.15) is 11.1 Å². The number of anilines is 1. The molecule has 2 aromatic rings. The van der Waals surface area contributed by atoms with Gasteiger partial charge in [0.1, 0.15) is 5.82 Å². The van der Waals surface area contributed by atoms with Crippen molar-refractivity contribution in [2.24, 2.45) is 0 Å². The van der Waals surface area contributed by atoms with E-state index in [2.05, 4.69) is 21.2 Å². The highest BCUT2D eigenvalue weighted by atomic mass is 79.9. The summed E-state index contributed by atoms with van der Waals surface area (Å²) >= 11 is 9.18. The summed E-state index contributed by atoms with van der Waals surface area (Å²) in [6.45, 7) is 1.39. The maximum absolute atomic E-state index is 13.6. The molecule has 4 nitrogen and oxygen atoms in total. The Morgan fingerprint density at radius 1 is 1.32 bits per heavy atom. The summed E-state index contributed by atoms with van der Waals surface area (Å²) in [6, 6.07) is 9.56. The van der Waals surface area contributed by atoms with E-state index < -0.39 is 24.3 Å². The average Bonchev–Trinajstić information content (AvgIpc) is 2.55. The van der Waals surface area contributed by atoms with Crippen molar-refractivity contribution in [1.29, 1.82) is 0 Å². The van der Waals surface area contributed by atoms with Crippen LogP contribution in [0.5, 0.6) is 0 Å². The van der Waals surface area contributed by atoms with Crippen LogP contribution in [0.2, 0.25) is 5.02 Å². The maximum atomic E-state index is 13.6. The standard InChI is InChI=1S/C18H14BrClFNO3/c1-11-9-12(19)5-7-16(11)22-17(23)10-25-18(24)8-6-13-14(20)3-2-4-15(13)21/h2-9H,10H2,1H3,(H,22,23)/b8-6+. The second-order valence-electron chi connectivity index (χ2n) is 5.08. The van der Waals surface area contributed by atoms with Crippen molar-refractivity contribution in [2.45, 2.75) is 6.92 Å². The first kappa shape index (κ1) is 19.1. The number of nitrogens with one attached hydrogen (secondary N) is 1. The van der Waals surface area contributed by atoms with Crippen molar-refractivity contribution in [3.8, 4) is 0 Å². The zero-order valence-corrected chi connectivity index (χ0v) is 15.5. The quantitative estimate of drug-likeness (QED) is 0.555. The molecule has 0 bridgehead atoms. The number of ether oxygens (including phenoxy) is 1. The Balaban J connectivity index is 1.89. The van der Waals surface area contributed by atoms with Crippen LogP contribution in [0.3, 0.4) is 0 Å². The minimum Gasteiger partial charge on any atom is -0.452 e. The van der Waals surface area contributed by atoms with Gasteiger partial charge in [-0.25, -0.2) is 9.18 Å². The molecule has 1 amide bonds. The zero-order chi connectivity index (χ0) is 18.4. The number of carbonyl (C=O) groups is 2. The van der Waals surface area contributed by atoms with E-state index in [0.29, 0.717) is 5.69 Å². The molecule has 0 aliphatic carbocycles. The van der Waals surface area contributed by atoms with Crippen molar-refractivity contribution in [1.82, 2.24) is 0 Å². The molecule has 0 aliphatic heterocycles. The van der Waals surface area contributed by atoms with Crippen LogP contribution >= 0.6 is 27.5 Å². The molecule has 25 heavy (non-hydrogen) atoms. The first-order valence-electron chi connectivity index (χ1n) is 7.21. The normalized spacial score (nSPS) is 10.7. The third kappa shape index (κ3) is 5.69. The van der Waals surface area contributed by atoms with Crippen molar-refractivity contribution in [3.05, 3.63) is 68.9 Å². The summed E-state index contributed by atoms with van der Waals surface area (Å²) < 4.78 is 19.3. The van der Waals surface area contributed by atoms with Gasteiger partial charge in [-0.1, -0.05) is 33.6 Å². The number of amides is 1. The number of carbonyl (C=O) groups excluding carboxylic acids is 2. The second kappa shape index (κ2) is 8.78. The SMILES string of the molecule is Cc1cc(Br)ccc1NC(=O)COC(=O)/C=C/c1c(F)cccc1Cl. The average molecular weight is 427 g/mol. The third-order valence-corrected chi connectivity index (χ3v) is 4.02. The molecule has 2 rings (SSSR count). The maximum Gasteiger partial charge on any atom is 0.331 e. The Morgan fingerprint density at radius 3 is 2.76 bits per heavy atom. The van der Waals surface area contributed by atoms with E-state index >= 15 is 0 Å². The van der Waals surface area contributed by atoms with Crippen LogP contribution in [0.4, 0.5) is 10.1 Å². The summed E-state index contributed by atoms with van der Waals surface area (Å²) in [6.07, 6.45) is 2.22. The Morgan fingerprint density at radius 2 is 2.08 bits per heavy atom. The largest absolute Gasteiger partial charge is 0.452 e. The summed E-state index contributed by atoms with van der Waals surface area (Å²) in [5.41, 5.74) is 1.57. The van der Waals surface area contributed by atoms with E-state index in [1.165, 1.54) is 24.3 Å². The highest BCUT2D eigenvalue weighted by molar-refractivity contribution is 9.10. The van der Waals surface area contributed by atoms with Gasteiger partial charge in [-0.3, -0.25) is 4.79 Å². The van der Waals surface area contributed by atoms with Gasteiger partial charge in [-0.05, 0) is 48.9 Å². The van der Waals surface area contributed by atoms with Gasteiger partial charge in [-0.15, -0.1) is 0 Å². The summed E-state index contributed by atoms with van der Waals surface area (Å²) in [5, 5.41) is 2.82. The van der Waals surface area contributed by atoms with E-state index in [9.17, 15) is 14.0 Å². The van der Waals surface area contributed by atoms with Crippen LogP contribution in [-0.2, 0) is 14.3 Å². The van der Waals surface area contributed by atoms with Gasteiger partial charge in [-0.2, -0.15) is 0 Å². The van der Waals surface area contributed by atoms with Gasteiger partial charge in [0.15, 0.2) is 6.61 Å². The van der Waals surface area contributed by atoms with Crippen LogP contribution in [-0.4, -0.2) is 18.5 Å². The Bertz CT molecular complexity index is 819. The molecule has 0 spiro atoms. The summed E-state index contributed by atoms with van der Waals surface area (Å²) in [5.74, 6) is -1.81. The van der Waals surface area contributed by atoms with E-state index in [-0.39, 0.29) is 10.6 Å². The van der Waals surface area contributed by atoms with Gasteiger partial charge < -0.3 is 10.1 Å². The molecule has 0 aliphatic rings. The topological polar surface area (TPSA) is 55.4 Å². The molecule has 1 N–H and O–H groups in total. The van der Waals surface area contributed by atoms with Gasteiger partial charge >= 0.3 is 5.97 Å². The number of hydrogen-bond donors (Lipinski definition) is 1. The molecule has 0 atom stereocenters. The van der Waals surface area contributed by atoms with Gasteiger partial charge in [0.05, 0.1) is 5.02 Å². The summed E-state index contributed by atoms with van der Waals surface area (Å²) in [4.78, 5) is 23.5. The molecule has 7 heteroatoms. The highest BCUT2D eigenvalue weighted by Gasteiger charge is 2.09. The minimum absolute atomic E-state index is 0.0797. The molecule has 130 valence electrons. The fourth-order valence-electron chi connectivity index (χ4n) is 1.96. The van der Waals surface area contributed by atoms with Crippen LogP contribution < -0.4 is 5.32 Å². The summed E-state index contributed by atoms with van der Waals surface area (Å²) in [7, 11) is 0. The first-order chi connectivity index (χ1) is 11.9. The molecule has 0 radical (unpaired) electrons. The van der Waals surface area contributed by atoms with Gasteiger partial charge in [0.2, 0.25) is 0 Å². The fourth-order valence-corrected chi connectivity index (χ4v) is 2.66. The lowest BCUT2D eigenvalue weighted by Crippen LogP contribution is -2.20. The van der Waals surface area contributed by atoms with Crippen molar-refractivity contribution in [2.75, 3.05) is 11.9 Å². The number of esters is 1. The smallest absolute Gasteiger partial charge is 0.331 e. The molecule has 0 fully saturated rings. The predicted octanol–water partition coefficient (Wildman–Crippen LogP) is 4.75. The Labute approximate surface area is 157 Å². The predicted molar refractivity (Wildman–Crippen MR) is 98.9 cm³/mol. The van der Waals surface area contributed by atoms with E-state index in [4.69, 9.17) is 16.3 Å². The lowest BCUT2D eigenvalue weighted by molar-refractivity contribution is -0.142. The second-order valence-corrected chi connectivity index (χ2v) is 6.41. The van der Waals surface area contributed by atoms with E-state index in [1.807, 2.05) is 13.0 Å². The van der Waals surface area contributed by atoms with Crippen LogP contribution in [0.15, 0.2) is 46.9 Å². The van der Waals surface area contributed by atoms with Crippen LogP contribution in [0, 0.1) is 12.7 Å². The molecule has 0 saturated heterocycles. The first-order valence-corrected chi connectivity index (χ1v) is 8.39. The third-order valence-electron chi connectivity index (χ3n) is 3.19. The molecule has 0 aromatic heterocycles. The van der Waals surface area contributed by atoms with Crippen LogP contribution in [0.25, 0.3) is 6.08 Å². The van der Waals surface area contributed by atoms with E-state index in [0.717, 1.165) is 16.1 Å². The van der Waals surface area contributed by atoms with Gasteiger partial charge in [0, 0.05) is 21.8 Å². The monoisotopic (exact) mass is 425 g/mol. The minimum atomic E-state index is -0.776. The number of hydrogen-bond acceptors (Lipinski definition) is 3. The molecule has 2 aromatic carbocycles. The van der Waals surface area contributed by atoms with E-state index in [1.54, 1.807) is 12.1 Å². The molecule has 0 saturated carbocycles. The lowest BCUT2D eigenvalue weighted by atomic mass is 10.2. The highest BCUT2D eigenvalue weighted by Crippen LogP contribution is 2.21. The number of rotatable bonds is 5. The number of aryl methyl sites for hydroxylation is 1. The van der Waals surface area contributed by atoms with Gasteiger partial charge in [0.25, 0.3) is 5.91 Å².